The van der Waals surface area contributed by atoms with Gasteiger partial charge in [-0.15, -0.1) is 0 Å². The van der Waals surface area contributed by atoms with Crippen LogP contribution in [0.15, 0.2) is 18.2 Å². The molecule has 64 valence electrons. The molecular formula is C9H12N2O. The van der Waals surface area contributed by atoms with Gasteiger partial charge in [-0.2, -0.15) is 0 Å². The number of nitrogens with one attached hydrogen (secondary N) is 1. The van der Waals surface area contributed by atoms with Gasteiger partial charge in [-0.25, -0.2) is 0 Å². The first kappa shape index (κ1) is 7.28. The summed E-state index contributed by atoms with van der Waals surface area (Å²) in [6, 6.07) is 5.66. The van der Waals surface area contributed by atoms with Gasteiger partial charge in [0.15, 0.2) is 0 Å². The summed E-state index contributed by atoms with van der Waals surface area (Å²) in [7, 11) is 0. The molecule has 0 aliphatic carbocycles. The van der Waals surface area contributed by atoms with Crippen LogP contribution in [0.25, 0.3) is 0 Å². The van der Waals surface area contributed by atoms with E-state index in [0.717, 1.165) is 36.7 Å². The van der Waals surface area contributed by atoms with Crippen LogP contribution in [-0.2, 0) is 0 Å². The van der Waals surface area contributed by atoms with Crippen LogP contribution in [0.2, 0.25) is 0 Å². The van der Waals surface area contributed by atoms with Crippen molar-refractivity contribution in [2.24, 2.45) is 0 Å². The molecule has 3 N–H and O–H groups in total. The normalized spacial score (nSPS) is 15.3. The first-order chi connectivity index (χ1) is 5.86. The largest absolute Gasteiger partial charge is 0.491 e. The van der Waals surface area contributed by atoms with Gasteiger partial charge in [0.2, 0.25) is 0 Å². The molecule has 0 spiro atoms. The third-order valence-electron chi connectivity index (χ3n) is 1.90. The van der Waals surface area contributed by atoms with Crippen molar-refractivity contribution in [2.45, 2.75) is 6.42 Å². The standard InChI is InChI=1S/C9H12N2O/c10-7-2-3-9-8(6-7)11-4-1-5-12-9/h2-3,6,11H,1,4-5,10H2. The van der Waals surface area contributed by atoms with Gasteiger partial charge in [0.25, 0.3) is 0 Å². The number of fused-ring (bicyclic) bond motifs is 1. The van der Waals surface area contributed by atoms with Gasteiger partial charge < -0.3 is 15.8 Å². The van der Waals surface area contributed by atoms with E-state index in [-0.39, 0.29) is 0 Å². The summed E-state index contributed by atoms with van der Waals surface area (Å²) in [5.74, 6) is 0.904. The number of benzene rings is 1. The lowest BCUT2D eigenvalue weighted by atomic mass is 10.2. The number of nitrogens with two attached hydrogens (primary N) is 1. The van der Waals surface area contributed by atoms with Gasteiger partial charge in [-0.05, 0) is 24.6 Å². The van der Waals surface area contributed by atoms with E-state index in [1.165, 1.54) is 0 Å². The summed E-state index contributed by atoms with van der Waals surface area (Å²) < 4.78 is 5.49. The van der Waals surface area contributed by atoms with Crippen LogP contribution in [0.3, 0.4) is 0 Å². The second-order valence-corrected chi connectivity index (χ2v) is 2.88. The Kier molecular flexibility index (Phi) is 1.78. The minimum Gasteiger partial charge on any atom is -0.491 e. The summed E-state index contributed by atoms with van der Waals surface area (Å²) in [5.41, 5.74) is 7.41. The van der Waals surface area contributed by atoms with Crippen LogP contribution in [0.5, 0.6) is 5.75 Å². The van der Waals surface area contributed by atoms with Gasteiger partial charge in [0, 0.05) is 12.2 Å². The van der Waals surface area contributed by atoms with E-state index in [1.54, 1.807) is 0 Å². The average molecular weight is 164 g/mol. The predicted molar refractivity (Wildman–Crippen MR) is 49.5 cm³/mol. The number of ether oxygens (including phenoxy) is 1. The second-order valence-electron chi connectivity index (χ2n) is 2.88. The lowest BCUT2D eigenvalue weighted by Gasteiger charge is -2.07. The molecule has 0 amide bonds. The Bertz CT molecular complexity index is 286. The van der Waals surface area contributed by atoms with E-state index < -0.39 is 0 Å². The molecular weight excluding hydrogens is 152 g/mol. The molecule has 0 atom stereocenters. The van der Waals surface area contributed by atoms with Crippen molar-refractivity contribution in [3.63, 3.8) is 0 Å². The van der Waals surface area contributed by atoms with Gasteiger partial charge in [0.05, 0.1) is 12.3 Å². The molecule has 1 aromatic carbocycles. The highest BCUT2D eigenvalue weighted by molar-refractivity contribution is 5.63. The maximum absolute atomic E-state index is 5.64. The fourth-order valence-corrected chi connectivity index (χ4v) is 1.29. The molecule has 0 saturated carbocycles. The molecule has 0 fully saturated rings. The Labute approximate surface area is 71.5 Å². The zero-order valence-electron chi connectivity index (χ0n) is 6.84. The van der Waals surface area contributed by atoms with Crippen LogP contribution in [0.4, 0.5) is 11.4 Å². The quantitative estimate of drug-likeness (QED) is 0.571. The summed E-state index contributed by atoms with van der Waals surface area (Å²) in [5, 5.41) is 3.26. The second kappa shape index (κ2) is 2.93. The third-order valence-corrected chi connectivity index (χ3v) is 1.90. The SMILES string of the molecule is Nc1ccc2c(c1)NCCCO2. The van der Waals surface area contributed by atoms with E-state index >= 15 is 0 Å². The highest BCUT2D eigenvalue weighted by atomic mass is 16.5. The molecule has 1 aliphatic rings. The molecule has 0 radical (unpaired) electrons. The minimum atomic E-state index is 0.770. The first-order valence-corrected chi connectivity index (χ1v) is 4.12. The maximum atomic E-state index is 5.64. The summed E-state index contributed by atoms with van der Waals surface area (Å²) >= 11 is 0. The van der Waals surface area contributed by atoms with Crippen molar-refractivity contribution in [1.82, 2.24) is 0 Å². The summed E-state index contributed by atoms with van der Waals surface area (Å²) in [4.78, 5) is 0. The third kappa shape index (κ3) is 1.30. The minimum absolute atomic E-state index is 0.770. The Morgan fingerprint density at radius 1 is 1.42 bits per heavy atom. The zero-order valence-corrected chi connectivity index (χ0v) is 6.84. The van der Waals surface area contributed by atoms with E-state index in [2.05, 4.69) is 5.32 Å². The van der Waals surface area contributed by atoms with Crippen molar-refractivity contribution < 1.29 is 4.74 Å². The van der Waals surface area contributed by atoms with Crippen LogP contribution in [0, 0.1) is 0 Å². The predicted octanol–water partition coefficient (Wildman–Crippen LogP) is 1.46. The molecule has 0 bridgehead atoms. The van der Waals surface area contributed by atoms with Gasteiger partial charge >= 0.3 is 0 Å². The van der Waals surface area contributed by atoms with Crippen LogP contribution < -0.4 is 15.8 Å². The molecule has 3 nitrogen and oxygen atoms in total. The van der Waals surface area contributed by atoms with Crippen molar-refractivity contribution in [1.29, 1.82) is 0 Å². The van der Waals surface area contributed by atoms with Crippen LogP contribution in [0.1, 0.15) is 6.42 Å². The Balaban J connectivity index is 2.36. The number of hydrogen-bond donors (Lipinski definition) is 2. The van der Waals surface area contributed by atoms with Crippen molar-refractivity contribution in [2.75, 3.05) is 24.2 Å². The van der Waals surface area contributed by atoms with Crippen molar-refractivity contribution in [3.8, 4) is 5.75 Å². The van der Waals surface area contributed by atoms with Crippen molar-refractivity contribution in [3.05, 3.63) is 18.2 Å². The van der Waals surface area contributed by atoms with Crippen molar-refractivity contribution >= 4 is 11.4 Å². The van der Waals surface area contributed by atoms with Gasteiger partial charge in [-0.3, -0.25) is 0 Å². The topological polar surface area (TPSA) is 47.3 Å². The smallest absolute Gasteiger partial charge is 0.142 e. The fraction of sp³-hybridized carbons (Fsp3) is 0.333. The molecule has 0 saturated heterocycles. The molecule has 0 aromatic heterocycles. The Hall–Kier alpha value is -1.38. The van der Waals surface area contributed by atoms with E-state index in [0.29, 0.717) is 0 Å². The van der Waals surface area contributed by atoms with Gasteiger partial charge in [-0.1, -0.05) is 0 Å². The lowest BCUT2D eigenvalue weighted by molar-refractivity contribution is 0.323. The summed E-state index contributed by atoms with van der Waals surface area (Å²) in [6.45, 7) is 1.74. The van der Waals surface area contributed by atoms with Crippen LogP contribution >= 0.6 is 0 Å². The molecule has 2 rings (SSSR count). The molecule has 1 heterocycles. The molecule has 3 heteroatoms. The van der Waals surface area contributed by atoms with Crippen LogP contribution in [-0.4, -0.2) is 13.2 Å². The fourth-order valence-electron chi connectivity index (χ4n) is 1.29. The number of rotatable bonds is 0. The lowest BCUT2D eigenvalue weighted by Crippen LogP contribution is -2.00. The highest BCUT2D eigenvalue weighted by Gasteiger charge is 2.06. The summed E-state index contributed by atoms with van der Waals surface area (Å²) in [6.07, 6.45) is 1.04. The Morgan fingerprint density at radius 2 is 2.33 bits per heavy atom. The van der Waals surface area contributed by atoms with E-state index in [1.807, 2.05) is 18.2 Å². The Morgan fingerprint density at radius 3 is 3.25 bits per heavy atom. The first-order valence-electron chi connectivity index (χ1n) is 4.12. The zero-order chi connectivity index (χ0) is 8.39. The maximum Gasteiger partial charge on any atom is 0.142 e. The number of hydrogen-bond acceptors (Lipinski definition) is 3. The monoisotopic (exact) mass is 164 g/mol. The number of nitrogen functional groups attached to an aromatic ring is 1. The van der Waals surface area contributed by atoms with E-state index in [9.17, 15) is 0 Å². The molecule has 12 heavy (non-hydrogen) atoms. The average Bonchev–Trinajstić information content (AvgIpc) is 2.28. The van der Waals surface area contributed by atoms with Gasteiger partial charge in [0.1, 0.15) is 5.75 Å². The molecule has 0 unspecified atom stereocenters. The van der Waals surface area contributed by atoms with E-state index in [4.69, 9.17) is 10.5 Å². The molecule has 1 aliphatic heterocycles. The number of anilines is 2. The molecule has 1 aromatic rings. The highest BCUT2D eigenvalue weighted by Crippen LogP contribution is 2.28.